The van der Waals surface area contributed by atoms with Gasteiger partial charge in [0.2, 0.25) is 5.91 Å². The molecule has 9 heteroatoms. The van der Waals surface area contributed by atoms with E-state index in [0.29, 0.717) is 17.4 Å². The highest BCUT2D eigenvalue weighted by Crippen LogP contribution is 2.16. The third-order valence-corrected chi connectivity index (χ3v) is 2.90. The number of nitrogens with zero attached hydrogens (tertiary/aromatic N) is 1. The molecule has 1 aromatic heterocycles. The van der Waals surface area contributed by atoms with Crippen molar-refractivity contribution in [3.63, 3.8) is 0 Å². The summed E-state index contributed by atoms with van der Waals surface area (Å²) in [5.41, 5.74) is 6.12. The van der Waals surface area contributed by atoms with Gasteiger partial charge in [-0.2, -0.15) is 0 Å². The highest BCUT2D eigenvalue weighted by atomic mass is 35.5. The van der Waals surface area contributed by atoms with Crippen molar-refractivity contribution in [2.75, 3.05) is 25.6 Å². The molecule has 1 amide bonds. The number of carbonyl (C=O) groups excluding carboxylic acids is 2. The standard InChI is InChI=1S/C11H17N3O4S.ClH/c1-3-18-9(15)4-7-6-19-11(13-7)14-10(16)8(12)5-17-2;/h6,8H,3-5,12H2,1-2H3,(H,13,14,16);1H. The highest BCUT2D eigenvalue weighted by Gasteiger charge is 2.15. The van der Waals surface area contributed by atoms with Crippen LogP contribution in [0.2, 0.25) is 0 Å². The summed E-state index contributed by atoms with van der Waals surface area (Å²) in [6, 6.07) is -0.748. The fourth-order valence-corrected chi connectivity index (χ4v) is 1.97. The molecule has 1 heterocycles. The number of thiazole rings is 1. The molecule has 0 radical (unpaired) electrons. The van der Waals surface area contributed by atoms with Crippen LogP contribution in [0.25, 0.3) is 0 Å². The third-order valence-electron chi connectivity index (χ3n) is 2.10. The van der Waals surface area contributed by atoms with Crippen molar-refractivity contribution in [1.82, 2.24) is 4.98 Å². The number of carbonyl (C=O) groups is 2. The molecule has 0 saturated heterocycles. The summed E-state index contributed by atoms with van der Waals surface area (Å²) < 4.78 is 9.59. The quantitative estimate of drug-likeness (QED) is 0.711. The summed E-state index contributed by atoms with van der Waals surface area (Å²) in [7, 11) is 1.47. The smallest absolute Gasteiger partial charge is 0.311 e. The van der Waals surface area contributed by atoms with Crippen LogP contribution in [0.5, 0.6) is 0 Å². The number of ether oxygens (including phenoxy) is 2. The molecule has 0 aliphatic rings. The van der Waals surface area contributed by atoms with E-state index >= 15 is 0 Å². The molecule has 20 heavy (non-hydrogen) atoms. The Labute approximate surface area is 127 Å². The number of halogens is 1. The largest absolute Gasteiger partial charge is 0.466 e. The number of aromatic nitrogens is 1. The normalized spacial score (nSPS) is 11.3. The third kappa shape index (κ3) is 6.29. The van der Waals surface area contributed by atoms with Crippen LogP contribution in [0.3, 0.4) is 0 Å². The first-order valence-electron chi connectivity index (χ1n) is 5.72. The maximum Gasteiger partial charge on any atom is 0.311 e. The van der Waals surface area contributed by atoms with Crippen LogP contribution in [0.4, 0.5) is 5.13 Å². The zero-order chi connectivity index (χ0) is 14.3. The molecule has 0 aliphatic carbocycles. The SMILES string of the molecule is CCOC(=O)Cc1csc(NC(=O)C(N)COC)n1.Cl. The summed E-state index contributed by atoms with van der Waals surface area (Å²) in [4.78, 5) is 27.0. The van der Waals surface area contributed by atoms with Crippen LogP contribution in [-0.2, 0) is 25.5 Å². The van der Waals surface area contributed by atoms with Gasteiger partial charge in [0.25, 0.3) is 0 Å². The van der Waals surface area contributed by atoms with Gasteiger partial charge in [-0.3, -0.25) is 9.59 Å². The van der Waals surface area contributed by atoms with Crippen LogP contribution in [-0.4, -0.2) is 43.2 Å². The van der Waals surface area contributed by atoms with Gasteiger partial charge in [0, 0.05) is 12.5 Å². The van der Waals surface area contributed by atoms with E-state index in [0.717, 1.165) is 0 Å². The van der Waals surface area contributed by atoms with E-state index in [2.05, 4.69) is 10.3 Å². The highest BCUT2D eigenvalue weighted by molar-refractivity contribution is 7.13. The molecule has 1 atom stereocenters. The predicted molar refractivity (Wildman–Crippen MR) is 78.2 cm³/mol. The monoisotopic (exact) mass is 323 g/mol. The van der Waals surface area contributed by atoms with Crippen molar-refractivity contribution >= 4 is 40.8 Å². The number of amides is 1. The molecule has 1 unspecified atom stereocenters. The average molecular weight is 324 g/mol. The summed E-state index contributed by atoms with van der Waals surface area (Å²) in [5, 5.41) is 4.65. The summed E-state index contributed by atoms with van der Waals surface area (Å²) in [6.45, 7) is 2.20. The Morgan fingerprint density at radius 1 is 1.55 bits per heavy atom. The maximum absolute atomic E-state index is 11.6. The van der Waals surface area contributed by atoms with E-state index in [1.54, 1.807) is 12.3 Å². The van der Waals surface area contributed by atoms with Crippen molar-refractivity contribution in [2.24, 2.45) is 5.73 Å². The van der Waals surface area contributed by atoms with Gasteiger partial charge in [0.1, 0.15) is 6.04 Å². The zero-order valence-electron chi connectivity index (χ0n) is 11.3. The molecule has 114 valence electrons. The van der Waals surface area contributed by atoms with Crippen molar-refractivity contribution in [3.8, 4) is 0 Å². The van der Waals surface area contributed by atoms with Crippen molar-refractivity contribution in [1.29, 1.82) is 0 Å². The Morgan fingerprint density at radius 3 is 2.85 bits per heavy atom. The number of nitrogens with one attached hydrogen (secondary N) is 1. The number of anilines is 1. The molecule has 0 bridgehead atoms. The first kappa shape index (κ1) is 18.8. The van der Waals surface area contributed by atoms with Crippen molar-refractivity contribution in [2.45, 2.75) is 19.4 Å². The van der Waals surface area contributed by atoms with Crippen LogP contribution in [0.15, 0.2) is 5.38 Å². The lowest BCUT2D eigenvalue weighted by Gasteiger charge is -2.08. The zero-order valence-corrected chi connectivity index (χ0v) is 12.9. The number of rotatable bonds is 7. The van der Waals surface area contributed by atoms with Crippen LogP contribution < -0.4 is 11.1 Å². The molecular weight excluding hydrogens is 306 g/mol. The van der Waals surface area contributed by atoms with E-state index in [4.69, 9.17) is 15.2 Å². The fraction of sp³-hybridized carbons (Fsp3) is 0.545. The first-order chi connectivity index (χ1) is 9.06. The van der Waals surface area contributed by atoms with Gasteiger partial charge >= 0.3 is 5.97 Å². The molecule has 0 spiro atoms. The average Bonchev–Trinajstić information content (AvgIpc) is 2.77. The second-order valence-corrected chi connectivity index (χ2v) is 4.53. The van der Waals surface area contributed by atoms with Crippen molar-refractivity contribution < 1.29 is 19.1 Å². The molecule has 1 aromatic rings. The van der Waals surface area contributed by atoms with Crippen LogP contribution in [0, 0.1) is 0 Å². The number of methoxy groups -OCH3 is 1. The van der Waals surface area contributed by atoms with Crippen molar-refractivity contribution in [3.05, 3.63) is 11.1 Å². The first-order valence-corrected chi connectivity index (χ1v) is 6.60. The number of hydrogen-bond acceptors (Lipinski definition) is 7. The molecule has 3 N–H and O–H groups in total. The van der Waals surface area contributed by atoms with E-state index in [1.807, 2.05) is 0 Å². The van der Waals surface area contributed by atoms with E-state index < -0.39 is 6.04 Å². The lowest BCUT2D eigenvalue weighted by molar-refractivity contribution is -0.142. The molecule has 0 fully saturated rings. The molecule has 0 saturated carbocycles. The Balaban J connectivity index is 0.00000361. The predicted octanol–water partition coefficient (Wildman–Crippen LogP) is 0.583. The maximum atomic E-state index is 11.6. The van der Waals surface area contributed by atoms with E-state index in [9.17, 15) is 9.59 Å². The summed E-state index contributed by atoms with van der Waals surface area (Å²) in [6.07, 6.45) is 0.0876. The molecule has 1 rings (SSSR count). The van der Waals surface area contributed by atoms with Gasteiger partial charge in [-0.15, -0.1) is 23.7 Å². The Kier molecular flexibility index (Phi) is 9.06. The lowest BCUT2D eigenvalue weighted by Crippen LogP contribution is -2.39. The lowest BCUT2D eigenvalue weighted by atomic mass is 10.3. The topological polar surface area (TPSA) is 104 Å². The Bertz CT molecular complexity index is 441. The van der Waals surface area contributed by atoms with E-state index in [1.165, 1.54) is 18.4 Å². The number of nitrogens with two attached hydrogens (primary N) is 1. The molecule has 0 aromatic carbocycles. The fourth-order valence-electron chi connectivity index (χ4n) is 1.26. The van der Waals surface area contributed by atoms with Gasteiger partial charge in [0.15, 0.2) is 5.13 Å². The molecular formula is C11H18ClN3O4S. The minimum absolute atomic E-state index is 0. The Hall–Kier alpha value is -1.22. The summed E-state index contributed by atoms with van der Waals surface area (Å²) >= 11 is 1.23. The molecule has 0 aliphatic heterocycles. The minimum Gasteiger partial charge on any atom is -0.466 e. The molecule has 7 nitrogen and oxygen atoms in total. The van der Waals surface area contributed by atoms with Gasteiger partial charge in [0.05, 0.1) is 25.3 Å². The van der Waals surface area contributed by atoms with Gasteiger partial charge < -0.3 is 20.5 Å². The van der Waals surface area contributed by atoms with E-state index in [-0.39, 0.29) is 37.3 Å². The Morgan fingerprint density at radius 2 is 2.25 bits per heavy atom. The second kappa shape index (κ2) is 9.65. The number of hydrogen-bond donors (Lipinski definition) is 2. The van der Waals surface area contributed by atoms with Gasteiger partial charge in [-0.1, -0.05) is 0 Å². The van der Waals surface area contributed by atoms with Gasteiger partial charge in [-0.25, -0.2) is 4.98 Å². The summed E-state index contributed by atoms with van der Waals surface area (Å²) in [5.74, 6) is -0.722. The van der Waals surface area contributed by atoms with Crippen LogP contribution >= 0.6 is 23.7 Å². The minimum atomic E-state index is -0.748. The second-order valence-electron chi connectivity index (χ2n) is 3.68. The van der Waals surface area contributed by atoms with Crippen LogP contribution in [0.1, 0.15) is 12.6 Å². The number of esters is 1. The van der Waals surface area contributed by atoms with Gasteiger partial charge in [-0.05, 0) is 6.92 Å².